The molecule has 2 aromatic heterocycles. The number of nitrogens with zero attached hydrogens (tertiary/aromatic N) is 2. The normalized spacial score (nSPS) is 11.2. The van der Waals surface area contributed by atoms with Crippen molar-refractivity contribution in [3.05, 3.63) is 47.5 Å². The van der Waals surface area contributed by atoms with Gasteiger partial charge in [-0.25, -0.2) is 8.42 Å². The van der Waals surface area contributed by atoms with E-state index in [1.54, 1.807) is 19.2 Å². The monoisotopic (exact) mass is 283 g/mol. The first-order valence-electron chi connectivity index (χ1n) is 5.03. The van der Waals surface area contributed by atoms with Gasteiger partial charge < -0.3 is 0 Å². The fourth-order valence-electron chi connectivity index (χ4n) is 1.35. The first-order valence-corrected chi connectivity index (χ1v) is 6.90. The van der Waals surface area contributed by atoms with Crippen LogP contribution in [-0.4, -0.2) is 18.4 Å². The number of hydrogen-bond donors (Lipinski definition) is 1. The van der Waals surface area contributed by atoms with E-state index in [0.29, 0.717) is 5.69 Å². The maximum absolute atomic E-state index is 12.1. The molecule has 0 aliphatic carbocycles. The minimum absolute atomic E-state index is 0.0529. The van der Waals surface area contributed by atoms with Crippen LogP contribution >= 0.6 is 11.6 Å². The van der Waals surface area contributed by atoms with Crippen molar-refractivity contribution in [2.24, 2.45) is 0 Å². The summed E-state index contributed by atoms with van der Waals surface area (Å²) in [6, 6.07) is 3.01. The summed E-state index contributed by atoms with van der Waals surface area (Å²) in [5.74, 6) is 0. The summed E-state index contributed by atoms with van der Waals surface area (Å²) in [5.41, 5.74) is 1.19. The van der Waals surface area contributed by atoms with E-state index in [4.69, 9.17) is 11.6 Å². The van der Waals surface area contributed by atoms with E-state index in [-0.39, 0.29) is 9.92 Å². The first-order chi connectivity index (χ1) is 8.50. The lowest BCUT2D eigenvalue weighted by Gasteiger charge is -2.10. The van der Waals surface area contributed by atoms with Gasteiger partial charge in [-0.2, -0.15) is 0 Å². The minimum atomic E-state index is -3.74. The van der Waals surface area contributed by atoms with Crippen LogP contribution in [0.2, 0.25) is 5.02 Å². The van der Waals surface area contributed by atoms with E-state index in [0.717, 1.165) is 5.56 Å². The number of anilines is 1. The molecule has 1 N–H and O–H groups in total. The van der Waals surface area contributed by atoms with Gasteiger partial charge in [0.1, 0.15) is 4.90 Å². The lowest BCUT2D eigenvalue weighted by molar-refractivity contribution is 0.601. The van der Waals surface area contributed by atoms with Crippen LogP contribution in [0.15, 0.2) is 41.8 Å². The summed E-state index contributed by atoms with van der Waals surface area (Å²) in [6.07, 6.45) is 5.72. The van der Waals surface area contributed by atoms with Crippen molar-refractivity contribution in [1.82, 2.24) is 9.97 Å². The quantitative estimate of drug-likeness (QED) is 0.938. The lowest BCUT2D eigenvalue weighted by Crippen LogP contribution is -2.14. The van der Waals surface area contributed by atoms with Crippen LogP contribution in [0.1, 0.15) is 5.56 Å². The average molecular weight is 284 g/mol. The molecule has 2 heterocycles. The summed E-state index contributed by atoms with van der Waals surface area (Å²) < 4.78 is 26.7. The third kappa shape index (κ3) is 2.60. The van der Waals surface area contributed by atoms with Gasteiger partial charge in [-0.3, -0.25) is 14.7 Å². The highest BCUT2D eigenvalue weighted by molar-refractivity contribution is 7.92. The molecule has 7 heteroatoms. The second-order valence-corrected chi connectivity index (χ2v) is 5.66. The van der Waals surface area contributed by atoms with Crippen molar-refractivity contribution < 1.29 is 8.42 Å². The zero-order chi connectivity index (χ0) is 13.2. The third-order valence-corrected chi connectivity index (χ3v) is 4.12. The molecular weight excluding hydrogens is 274 g/mol. The average Bonchev–Trinajstić information content (AvgIpc) is 2.32. The Kier molecular flexibility index (Phi) is 3.49. The van der Waals surface area contributed by atoms with Gasteiger partial charge in [0.15, 0.2) is 0 Å². The Labute approximate surface area is 110 Å². The number of aromatic nitrogens is 2. The SMILES string of the molecule is Cc1cnccc1NS(=O)(=O)c1cnccc1Cl. The maximum Gasteiger partial charge on any atom is 0.264 e. The molecule has 0 aromatic carbocycles. The Morgan fingerprint density at radius 1 is 1.17 bits per heavy atom. The molecule has 0 unspecified atom stereocenters. The Balaban J connectivity index is 2.40. The standard InChI is InChI=1S/C11H10ClN3O2S/c1-8-6-13-5-3-10(8)15-18(16,17)11-7-14-4-2-9(11)12/h2-7H,1H3,(H,13,15). The van der Waals surface area contributed by atoms with Crippen molar-refractivity contribution in [3.63, 3.8) is 0 Å². The van der Waals surface area contributed by atoms with Crippen LogP contribution in [-0.2, 0) is 10.0 Å². The molecule has 0 fully saturated rings. The maximum atomic E-state index is 12.1. The van der Waals surface area contributed by atoms with Crippen molar-refractivity contribution >= 4 is 27.3 Å². The van der Waals surface area contributed by atoms with Crippen LogP contribution in [0.4, 0.5) is 5.69 Å². The molecule has 0 bridgehead atoms. The fourth-order valence-corrected chi connectivity index (χ4v) is 2.91. The number of aryl methyl sites for hydroxylation is 1. The molecule has 0 atom stereocenters. The molecule has 94 valence electrons. The number of pyridine rings is 2. The van der Waals surface area contributed by atoms with Crippen molar-refractivity contribution in [2.75, 3.05) is 4.72 Å². The molecule has 0 aliphatic heterocycles. The van der Waals surface area contributed by atoms with Gasteiger partial charge in [0, 0.05) is 24.8 Å². The molecular formula is C11H10ClN3O2S. The van der Waals surface area contributed by atoms with Gasteiger partial charge in [-0.05, 0) is 24.6 Å². The molecule has 0 saturated heterocycles. The van der Waals surface area contributed by atoms with E-state index in [2.05, 4.69) is 14.7 Å². The van der Waals surface area contributed by atoms with Gasteiger partial charge in [0.2, 0.25) is 0 Å². The molecule has 5 nitrogen and oxygen atoms in total. The zero-order valence-electron chi connectivity index (χ0n) is 9.46. The Morgan fingerprint density at radius 2 is 1.83 bits per heavy atom. The van der Waals surface area contributed by atoms with Crippen LogP contribution in [0.3, 0.4) is 0 Å². The highest BCUT2D eigenvalue weighted by atomic mass is 35.5. The Bertz CT molecular complexity index is 673. The van der Waals surface area contributed by atoms with E-state index < -0.39 is 10.0 Å². The number of sulfonamides is 1. The van der Waals surface area contributed by atoms with Gasteiger partial charge in [-0.15, -0.1) is 0 Å². The topological polar surface area (TPSA) is 72.0 Å². The van der Waals surface area contributed by atoms with E-state index in [1.165, 1.54) is 24.7 Å². The summed E-state index contributed by atoms with van der Waals surface area (Å²) in [6.45, 7) is 1.76. The largest absolute Gasteiger partial charge is 0.279 e. The molecule has 0 saturated carbocycles. The second-order valence-electron chi connectivity index (χ2n) is 3.60. The molecule has 2 aromatic rings. The van der Waals surface area contributed by atoms with Crippen LogP contribution in [0, 0.1) is 6.92 Å². The Morgan fingerprint density at radius 3 is 2.50 bits per heavy atom. The smallest absolute Gasteiger partial charge is 0.264 e. The zero-order valence-corrected chi connectivity index (χ0v) is 11.0. The first kappa shape index (κ1) is 12.8. The molecule has 0 radical (unpaired) electrons. The highest BCUT2D eigenvalue weighted by Crippen LogP contribution is 2.23. The van der Waals surface area contributed by atoms with Crippen LogP contribution in [0.25, 0.3) is 0 Å². The number of nitrogens with one attached hydrogen (secondary N) is 1. The minimum Gasteiger partial charge on any atom is -0.279 e. The van der Waals surface area contributed by atoms with E-state index in [1.807, 2.05) is 0 Å². The molecule has 0 amide bonds. The van der Waals surface area contributed by atoms with Gasteiger partial charge in [-0.1, -0.05) is 11.6 Å². The molecule has 0 spiro atoms. The predicted octanol–water partition coefficient (Wildman–Crippen LogP) is 2.24. The van der Waals surface area contributed by atoms with Crippen molar-refractivity contribution in [2.45, 2.75) is 11.8 Å². The van der Waals surface area contributed by atoms with Crippen LogP contribution in [0.5, 0.6) is 0 Å². The summed E-state index contributed by atoms with van der Waals surface area (Å²) in [7, 11) is -3.74. The fraction of sp³-hybridized carbons (Fsp3) is 0.0909. The Hall–Kier alpha value is -1.66. The number of rotatable bonds is 3. The molecule has 18 heavy (non-hydrogen) atoms. The van der Waals surface area contributed by atoms with Crippen molar-refractivity contribution in [1.29, 1.82) is 0 Å². The summed E-state index contributed by atoms with van der Waals surface area (Å²) in [4.78, 5) is 7.60. The number of hydrogen-bond acceptors (Lipinski definition) is 4. The second kappa shape index (κ2) is 4.91. The highest BCUT2D eigenvalue weighted by Gasteiger charge is 2.18. The van der Waals surface area contributed by atoms with Gasteiger partial charge in [0.25, 0.3) is 10.0 Å². The predicted molar refractivity (Wildman–Crippen MR) is 69.0 cm³/mol. The third-order valence-electron chi connectivity index (χ3n) is 2.29. The summed E-state index contributed by atoms with van der Waals surface area (Å²) in [5, 5.41) is 0.129. The van der Waals surface area contributed by atoms with Gasteiger partial charge >= 0.3 is 0 Å². The molecule has 0 aliphatic rings. The lowest BCUT2D eigenvalue weighted by atomic mass is 10.3. The summed E-state index contributed by atoms with van der Waals surface area (Å²) >= 11 is 5.84. The number of halogens is 1. The van der Waals surface area contributed by atoms with E-state index in [9.17, 15) is 8.42 Å². The van der Waals surface area contributed by atoms with E-state index >= 15 is 0 Å². The van der Waals surface area contributed by atoms with Gasteiger partial charge in [0.05, 0.1) is 10.7 Å². The van der Waals surface area contributed by atoms with Crippen molar-refractivity contribution in [3.8, 4) is 0 Å². The van der Waals surface area contributed by atoms with Crippen LogP contribution < -0.4 is 4.72 Å². The molecule has 2 rings (SSSR count).